The molecular weight excluding hydrogens is 379 g/mol. The molecule has 0 bridgehead atoms. The molecule has 0 aliphatic heterocycles. The zero-order chi connectivity index (χ0) is 20.7. The third kappa shape index (κ3) is 6.34. The van der Waals surface area contributed by atoms with Gasteiger partial charge in [-0.25, -0.2) is 0 Å². The summed E-state index contributed by atoms with van der Waals surface area (Å²) in [7, 11) is 3.00. The first kappa shape index (κ1) is 21.4. The summed E-state index contributed by atoms with van der Waals surface area (Å²) in [6.07, 6.45) is -5.84. The molecule has 9 heteroatoms. The zero-order valence-electron chi connectivity index (χ0n) is 15.2. The number of aliphatic hydroxyl groups is 1. The van der Waals surface area contributed by atoms with Gasteiger partial charge in [0, 0.05) is 18.2 Å². The van der Waals surface area contributed by atoms with E-state index in [1.165, 1.54) is 26.4 Å². The van der Waals surface area contributed by atoms with Crippen LogP contribution in [0.25, 0.3) is 0 Å². The van der Waals surface area contributed by atoms with Crippen molar-refractivity contribution in [2.75, 3.05) is 20.8 Å². The average molecular weight is 399 g/mol. The number of nitrogens with one attached hydrogen (secondary N) is 1. The second kappa shape index (κ2) is 9.32. The lowest BCUT2D eigenvalue weighted by molar-refractivity contribution is -0.274. The van der Waals surface area contributed by atoms with E-state index in [0.29, 0.717) is 22.6 Å². The molecule has 0 aliphatic carbocycles. The molecule has 2 N–H and O–H groups in total. The van der Waals surface area contributed by atoms with Gasteiger partial charge >= 0.3 is 6.36 Å². The smallest absolute Gasteiger partial charge is 0.497 e. The average Bonchev–Trinajstić information content (AvgIpc) is 2.65. The van der Waals surface area contributed by atoms with Gasteiger partial charge in [0.15, 0.2) is 0 Å². The van der Waals surface area contributed by atoms with E-state index < -0.39 is 12.5 Å². The summed E-state index contributed by atoms with van der Waals surface area (Å²) in [5.74, 6) is 0.350. The third-order valence-electron chi connectivity index (χ3n) is 3.84. The molecule has 152 valence electrons. The minimum atomic E-state index is -4.78. The number of alkyl halides is 3. The van der Waals surface area contributed by atoms with Crippen molar-refractivity contribution in [1.82, 2.24) is 5.32 Å². The summed E-state index contributed by atoms with van der Waals surface area (Å²) in [6.45, 7) is -0.100. The van der Waals surface area contributed by atoms with Gasteiger partial charge in [-0.2, -0.15) is 0 Å². The Morgan fingerprint density at radius 2 is 1.71 bits per heavy atom. The van der Waals surface area contributed by atoms with Gasteiger partial charge in [-0.1, -0.05) is 18.2 Å². The number of rotatable bonds is 8. The molecule has 1 unspecified atom stereocenters. The largest absolute Gasteiger partial charge is 0.573 e. The molecule has 1 atom stereocenters. The number of carbonyl (C=O) groups excluding carboxylic acids is 1. The zero-order valence-corrected chi connectivity index (χ0v) is 15.2. The van der Waals surface area contributed by atoms with Crippen molar-refractivity contribution >= 4 is 5.91 Å². The Labute approximate surface area is 159 Å². The molecule has 0 saturated carbocycles. The van der Waals surface area contributed by atoms with Gasteiger partial charge in [0.1, 0.15) is 17.2 Å². The summed E-state index contributed by atoms with van der Waals surface area (Å²) < 4.78 is 50.5. The van der Waals surface area contributed by atoms with Crippen LogP contribution in [0.5, 0.6) is 17.2 Å². The van der Waals surface area contributed by atoms with Crippen LogP contribution in [0.2, 0.25) is 0 Å². The standard InChI is InChI=1S/C19H20F3NO5/c1-26-15-8-5-13(17(10-15)27-2)9-18(25)23-11-16(24)12-3-6-14(7-4-12)28-19(20,21)22/h3-8,10,16,24H,9,11H2,1-2H3,(H,23,25). The second-order valence-electron chi connectivity index (χ2n) is 5.79. The fourth-order valence-corrected chi connectivity index (χ4v) is 2.45. The van der Waals surface area contributed by atoms with Crippen LogP contribution in [0.4, 0.5) is 13.2 Å². The molecule has 2 aromatic carbocycles. The van der Waals surface area contributed by atoms with E-state index in [1.54, 1.807) is 18.2 Å². The number of methoxy groups -OCH3 is 2. The first-order chi connectivity index (χ1) is 13.2. The highest BCUT2D eigenvalue weighted by Crippen LogP contribution is 2.26. The molecule has 0 aromatic heterocycles. The molecule has 0 radical (unpaired) electrons. The van der Waals surface area contributed by atoms with Crippen molar-refractivity contribution in [2.24, 2.45) is 0 Å². The Morgan fingerprint density at radius 3 is 2.29 bits per heavy atom. The van der Waals surface area contributed by atoms with Gasteiger partial charge in [0.05, 0.1) is 26.7 Å². The lowest BCUT2D eigenvalue weighted by atomic mass is 10.1. The predicted molar refractivity (Wildman–Crippen MR) is 94.3 cm³/mol. The Bertz CT molecular complexity index is 793. The van der Waals surface area contributed by atoms with E-state index in [0.717, 1.165) is 12.1 Å². The highest BCUT2D eigenvalue weighted by molar-refractivity contribution is 5.79. The van der Waals surface area contributed by atoms with Gasteiger partial charge in [0.25, 0.3) is 0 Å². The van der Waals surface area contributed by atoms with E-state index in [2.05, 4.69) is 10.1 Å². The normalized spacial score (nSPS) is 12.2. The van der Waals surface area contributed by atoms with Crippen molar-refractivity contribution in [3.63, 3.8) is 0 Å². The van der Waals surface area contributed by atoms with Crippen molar-refractivity contribution < 1.29 is 37.3 Å². The number of aliphatic hydroxyl groups excluding tert-OH is 1. The fourth-order valence-electron chi connectivity index (χ4n) is 2.45. The van der Waals surface area contributed by atoms with Crippen molar-refractivity contribution in [1.29, 1.82) is 0 Å². The van der Waals surface area contributed by atoms with Crippen LogP contribution in [0, 0.1) is 0 Å². The maximum atomic E-state index is 12.2. The number of amides is 1. The summed E-state index contributed by atoms with van der Waals surface area (Å²) in [4.78, 5) is 12.1. The molecule has 28 heavy (non-hydrogen) atoms. The minimum Gasteiger partial charge on any atom is -0.497 e. The lowest BCUT2D eigenvalue weighted by Gasteiger charge is -2.14. The number of halogens is 3. The van der Waals surface area contributed by atoms with Crippen LogP contribution in [-0.4, -0.2) is 38.1 Å². The van der Waals surface area contributed by atoms with E-state index >= 15 is 0 Å². The minimum absolute atomic E-state index is 0.0260. The van der Waals surface area contributed by atoms with E-state index in [-0.39, 0.29) is 24.6 Å². The first-order valence-corrected chi connectivity index (χ1v) is 8.23. The topological polar surface area (TPSA) is 77.0 Å². The molecule has 0 saturated heterocycles. The van der Waals surface area contributed by atoms with Crippen molar-refractivity contribution in [2.45, 2.75) is 18.9 Å². The molecule has 2 aromatic rings. The lowest BCUT2D eigenvalue weighted by Crippen LogP contribution is -2.29. The first-order valence-electron chi connectivity index (χ1n) is 8.23. The summed E-state index contributed by atoms with van der Waals surface area (Å²) >= 11 is 0. The number of hydrogen-bond acceptors (Lipinski definition) is 5. The maximum Gasteiger partial charge on any atom is 0.573 e. The number of ether oxygens (including phenoxy) is 3. The molecule has 0 heterocycles. The Morgan fingerprint density at radius 1 is 1.07 bits per heavy atom. The van der Waals surface area contributed by atoms with E-state index in [9.17, 15) is 23.1 Å². The SMILES string of the molecule is COc1ccc(CC(=O)NCC(O)c2ccc(OC(F)(F)F)cc2)c(OC)c1. The molecule has 0 fully saturated rings. The summed E-state index contributed by atoms with van der Waals surface area (Å²) in [6, 6.07) is 9.83. The van der Waals surface area contributed by atoms with Gasteiger partial charge in [-0.05, 0) is 23.8 Å². The molecule has 2 rings (SSSR count). The van der Waals surface area contributed by atoms with Crippen LogP contribution in [0.15, 0.2) is 42.5 Å². The van der Waals surface area contributed by atoms with Crippen molar-refractivity contribution in [3.05, 3.63) is 53.6 Å². The van der Waals surface area contributed by atoms with E-state index in [4.69, 9.17) is 9.47 Å². The van der Waals surface area contributed by atoms with Crippen LogP contribution in [-0.2, 0) is 11.2 Å². The monoisotopic (exact) mass is 399 g/mol. The second-order valence-corrected chi connectivity index (χ2v) is 5.79. The molecule has 6 nitrogen and oxygen atoms in total. The van der Waals surface area contributed by atoms with Gasteiger partial charge in [-0.15, -0.1) is 13.2 Å². The number of hydrogen-bond donors (Lipinski definition) is 2. The Hall–Kier alpha value is -2.94. The highest BCUT2D eigenvalue weighted by Gasteiger charge is 2.31. The van der Waals surface area contributed by atoms with E-state index in [1.807, 2.05) is 0 Å². The third-order valence-corrected chi connectivity index (χ3v) is 3.84. The van der Waals surface area contributed by atoms with Gasteiger partial charge in [-0.3, -0.25) is 4.79 Å². The highest BCUT2D eigenvalue weighted by atomic mass is 19.4. The van der Waals surface area contributed by atoms with Gasteiger partial charge < -0.3 is 24.6 Å². The Kier molecular flexibility index (Phi) is 7.11. The summed E-state index contributed by atoms with van der Waals surface area (Å²) in [5, 5.41) is 12.7. The molecule has 0 spiro atoms. The predicted octanol–water partition coefficient (Wildman–Crippen LogP) is 2.99. The van der Waals surface area contributed by atoms with Crippen LogP contribution in [0.3, 0.4) is 0 Å². The van der Waals surface area contributed by atoms with Gasteiger partial charge in [0.2, 0.25) is 5.91 Å². The quantitative estimate of drug-likeness (QED) is 0.714. The molecular formula is C19H20F3NO5. The number of benzene rings is 2. The molecule has 1 amide bonds. The van der Waals surface area contributed by atoms with Crippen LogP contribution < -0.4 is 19.5 Å². The van der Waals surface area contributed by atoms with Crippen LogP contribution >= 0.6 is 0 Å². The fraction of sp³-hybridized carbons (Fsp3) is 0.316. The van der Waals surface area contributed by atoms with Crippen molar-refractivity contribution in [3.8, 4) is 17.2 Å². The maximum absolute atomic E-state index is 12.2. The Balaban J connectivity index is 1.90. The van der Waals surface area contributed by atoms with Crippen LogP contribution in [0.1, 0.15) is 17.2 Å². The number of carbonyl (C=O) groups is 1. The molecule has 0 aliphatic rings. The summed E-state index contributed by atoms with van der Waals surface area (Å²) in [5.41, 5.74) is 0.987.